The molecule has 0 aliphatic carbocycles. The van der Waals surface area contributed by atoms with Gasteiger partial charge in [0, 0.05) is 25.3 Å². The standard InChI is InChI=1S/C16H29N3/c1-5-10-19(12-11-18(3)4)16-7-6-15(8-9-17)13-14(16)2/h6-7,13H,5,8-12,17H2,1-4H3. The zero-order valence-corrected chi connectivity index (χ0v) is 12.9. The summed E-state index contributed by atoms with van der Waals surface area (Å²) in [4.78, 5) is 4.72. The van der Waals surface area contributed by atoms with Crippen LogP contribution in [0.4, 0.5) is 5.69 Å². The number of hydrogen-bond donors (Lipinski definition) is 1. The summed E-state index contributed by atoms with van der Waals surface area (Å²) in [6.07, 6.45) is 2.14. The molecule has 1 rings (SSSR count). The van der Waals surface area contributed by atoms with Crippen LogP contribution in [0, 0.1) is 6.92 Å². The molecule has 0 amide bonds. The Balaban J connectivity index is 2.82. The van der Waals surface area contributed by atoms with Gasteiger partial charge in [0.25, 0.3) is 0 Å². The molecule has 0 aliphatic rings. The Bertz CT molecular complexity index is 374. The summed E-state index contributed by atoms with van der Waals surface area (Å²) < 4.78 is 0. The van der Waals surface area contributed by atoms with Crippen LogP contribution in [0.1, 0.15) is 24.5 Å². The first-order valence-corrected chi connectivity index (χ1v) is 7.27. The quantitative estimate of drug-likeness (QED) is 0.781. The maximum absolute atomic E-state index is 5.62. The molecule has 19 heavy (non-hydrogen) atoms. The first-order chi connectivity index (χ1) is 9.08. The van der Waals surface area contributed by atoms with E-state index in [0.29, 0.717) is 0 Å². The van der Waals surface area contributed by atoms with Crippen molar-refractivity contribution in [1.29, 1.82) is 0 Å². The number of nitrogens with two attached hydrogens (primary N) is 1. The fourth-order valence-corrected chi connectivity index (χ4v) is 2.34. The van der Waals surface area contributed by atoms with Gasteiger partial charge < -0.3 is 15.5 Å². The van der Waals surface area contributed by atoms with Gasteiger partial charge in [0.2, 0.25) is 0 Å². The maximum Gasteiger partial charge on any atom is 0.0396 e. The van der Waals surface area contributed by atoms with Crippen LogP contribution in [0.25, 0.3) is 0 Å². The molecular weight excluding hydrogens is 234 g/mol. The lowest BCUT2D eigenvalue weighted by Gasteiger charge is -2.28. The van der Waals surface area contributed by atoms with Gasteiger partial charge in [-0.3, -0.25) is 0 Å². The smallest absolute Gasteiger partial charge is 0.0396 e. The number of benzene rings is 1. The Labute approximate surface area is 118 Å². The van der Waals surface area contributed by atoms with Crippen molar-refractivity contribution in [2.24, 2.45) is 5.73 Å². The van der Waals surface area contributed by atoms with Gasteiger partial charge in [0.05, 0.1) is 0 Å². The summed E-state index contributed by atoms with van der Waals surface area (Å²) in [6.45, 7) is 8.44. The molecule has 0 saturated carbocycles. The van der Waals surface area contributed by atoms with Gasteiger partial charge in [-0.2, -0.15) is 0 Å². The summed E-state index contributed by atoms with van der Waals surface area (Å²) in [6, 6.07) is 6.75. The molecule has 2 N–H and O–H groups in total. The highest BCUT2D eigenvalue weighted by molar-refractivity contribution is 5.54. The molecule has 108 valence electrons. The highest BCUT2D eigenvalue weighted by atomic mass is 15.2. The fourth-order valence-electron chi connectivity index (χ4n) is 2.34. The summed E-state index contributed by atoms with van der Waals surface area (Å²) in [5.41, 5.74) is 9.69. The van der Waals surface area contributed by atoms with Crippen LogP contribution in [0.15, 0.2) is 18.2 Å². The minimum absolute atomic E-state index is 0.720. The van der Waals surface area contributed by atoms with Gasteiger partial charge in [0.1, 0.15) is 0 Å². The number of rotatable bonds is 8. The van der Waals surface area contributed by atoms with E-state index in [0.717, 1.165) is 32.6 Å². The summed E-state index contributed by atoms with van der Waals surface area (Å²) in [7, 11) is 4.25. The molecule has 0 heterocycles. The molecular formula is C16H29N3. The van der Waals surface area contributed by atoms with E-state index >= 15 is 0 Å². The third-order valence-corrected chi connectivity index (χ3v) is 3.35. The average Bonchev–Trinajstić information content (AvgIpc) is 2.35. The molecule has 0 bridgehead atoms. The lowest BCUT2D eigenvalue weighted by atomic mass is 10.1. The van der Waals surface area contributed by atoms with Crippen molar-refractivity contribution in [3.63, 3.8) is 0 Å². The van der Waals surface area contributed by atoms with E-state index < -0.39 is 0 Å². The number of nitrogens with zero attached hydrogens (tertiary/aromatic N) is 2. The van der Waals surface area contributed by atoms with Crippen LogP contribution < -0.4 is 10.6 Å². The molecule has 1 aromatic carbocycles. The van der Waals surface area contributed by atoms with E-state index in [1.165, 1.54) is 23.2 Å². The summed E-state index contributed by atoms with van der Waals surface area (Å²) in [5.74, 6) is 0. The molecule has 0 aliphatic heterocycles. The third-order valence-electron chi connectivity index (χ3n) is 3.35. The lowest BCUT2D eigenvalue weighted by Crippen LogP contribution is -2.32. The fraction of sp³-hybridized carbons (Fsp3) is 0.625. The van der Waals surface area contributed by atoms with Crippen molar-refractivity contribution in [2.45, 2.75) is 26.7 Å². The van der Waals surface area contributed by atoms with Crippen molar-refractivity contribution in [1.82, 2.24) is 4.90 Å². The Morgan fingerprint density at radius 3 is 2.37 bits per heavy atom. The zero-order chi connectivity index (χ0) is 14.3. The topological polar surface area (TPSA) is 32.5 Å². The summed E-state index contributed by atoms with van der Waals surface area (Å²) in [5, 5.41) is 0. The van der Waals surface area contributed by atoms with E-state index in [2.05, 4.69) is 55.9 Å². The predicted molar refractivity (Wildman–Crippen MR) is 85.0 cm³/mol. The second kappa shape index (κ2) is 8.18. The number of aryl methyl sites for hydroxylation is 1. The normalized spacial score (nSPS) is 11.1. The molecule has 0 saturated heterocycles. The zero-order valence-electron chi connectivity index (χ0n) is 12.9. The van der Waals surface area contributed by atoms with Gasteiger partial charge in [-0.25, -0.2) is 0 Å². The monoisotopic (exact) mass is 263 g/mol. The van der Waals surface area contributed by atoms with E-state index in [4.69, 9.17) is 5.73 Å². The minimum atomic E-state index is 0.720. The first-order valence-electron chi connectivity index (χ1n) is 7.27. The Kier molecular flexibility index (Phi) is 6.89. The number of anilines is 1. The molecule has 0 radical (unpaired) electrons. The second-order valence-electron chi connectivity index (χ2n) is 5.45. The van der Waals surface area contributed by atoms with Crippen molar-refractivity contribution in [3.05, 3.63) is 29.3 Å². The molecule has 0 fully saturated rings. The lowest BCUT2D eigenvalue weighted by molar-refractivity contribution is 0.413. The predicted octanol–water partition coefficient (Wildman–Crippen LogP) is 2.27. The molecule has 3 heteroatoms. The molecule has 0 spiro atoms. The highest BCUT2D eigenvalue weighted by Crippen LogP contribution is 2.21. The summed E-state index contributed by atoms with van der Waals surface area (Å²) >= 11 is 0. The molecule has 0 atom stereocenters. The first kappa shape index (κ1) is 16.0. The Hall–Kier alpha value is -1.06. The van der Waals surface area contributed by atoms with E-state index in [-0.39, 0.29) is 0 Å². The van der Waals surface area contributed by atoms with Crippen molar-refractivity contribution >= 4 is 5.69 Å². The Morgan fingerprint density at radius 2 is 1.84 bits per heavy atom. The molecule has 0 unspecified atom stereocenters. The van der Waals surface area contributed by atoms with Crippen LogP contribution in [0.3, 0.4) is 0 Å². The number of hydrogen-bond acceptors (Lipinski definition) is 3. The molecule has 1 aromatic rings. The average molecular weight is 263 g/mol. The van der Waals surface area contributed by atoms with Crippen LogP contribution >= 0.6 is 0 Å². The largest absolute Gasteiger partial charge is 0.370 e. The second-order valence-corrected chi connectivity index (χ2v) is 5.45. The van der Waals surface area contributed by atoms with Gasteiger partial charge in [-0.1, -0.05) is 19.1 Å². The van der Waals surface area contributed by atoms with E-state index in [9.17, 15) is 0 Å². The van der Waals surface area contributed by atoms with Gasteiger partial charge >= 0.3 is 0 Å². The number of likely N-dealkylation sites (N-methyl/N-ethyl adjacent to an activating group) is 1. The van der Waals surface area contributed by atoms with Gasteiger partial charge in [-0.15, -0.1) is 0 Å². The van der Waals surface area contributed by atoms with Crippen LogP contribution in [0.2, 0.25) is 0 Å². The third kappa shape index (κ3) is 5.21. The molecule has 0 aromatic heterocycles. The van der Waals surface area contributed by atoms with Gasteiger partial charge in [-0.05, 0) is 57.6 Å². The van der Waals surface area contributed by atoms with E-state index in [1.807, 2.05) is 0 Å². The highest BCUT2D eigenvalue weighted by Gasteiger charge is 2.09. The van der Waals surface area contributed by atoms with Crippen molar-refractivity contribution in [2.75, 3.05) is 45.2 Å². The van der Waals surface area contributed by atoms with Gasteiger partial charge in [0.15, 0.2) is 0 Å². The minimum Gasteiger partial charge on any atom is -0.370 e. The van der Waals surface area contributed by atoms with Crippen LogP contribution in [0.5, 0.6) is 0 Å². The van der Waals surface area contributed by atoms with Crippen molar-refractivity contribution in [3.8, 4) is 0 Å². The Morgan fingerprint density at radius 1 is 1.11 bits per heavy atom. The van der Waals surface area contributed by atoms with Crippen LogP contribution in [-0.4, -0.2) is 45.2 Å². The molecule has 3 nitrogen and oxygen atoms in total. The SMILES string of the molecule is CCCN(CCN(C)C)c1ccc(CCN)cc1C. The van der Waals surface area contributed by atoms with E-state index in [1.54, 1.807) is 0 Å². The maximum atomic E-state index is 5.62. The van der Waals surface area contributed by atoms with Crippen LogP contribution in [-0.2, 0) is 6.42 Å². The van der Waals surface area contributed by atoms with Crippen molar-refractivity contribution < 1.29 is 0 Å².